The molecule has 0 radical (unpaired) electrons. The van der Waals surface area contributed by atoms with E-state index in [2.05, 4.69) is 0 Å². The number of thiophene rings is 1. The van der Waals surface area contributed by atoms with Crippen molar-refractivity contribution < 1.29 is 22.0 Å². The van der Waals surface area contributed by atoms with Crippen molar-refractivity contribution in [3.05, 3.63) is 17.0 Å². The first-order valence-electron chi connectivity index (χ1n) is 6.20. The van der Waals surface area contributed by atoms with E-state index in [1.54, 1.807) is 13.0 Å². The number of nitrogens with one attached hydrogen (secondary N) is 1. The molecule has 0 atom stereocenters. The molecule has 1 aliphatic rings. The number of hydrogen-bond donors (Lipinski definition) is 1. The third-order valence-electron chi connectivity index (χ3n) is 3.30. The Morgan fingerprint density at radius 2 is 1.95 bits per heavy atom. The fourth-order valence-electron chi connectivity index (χ4n) is 2.12. The van der Waals surface area contributed by atoms with Gasteiger partial charge in [-0.05, 0) is 31.9 Å². The molecule has 0 aliphatic heterocycles. The molecule has 8 heteroatoms. The minimum Gasteiger partial charge on any atom is -0.274 e. The van der Waals surface area contributed by atoms with Crippen molar-refractivity contribution in [3.63, 3.8) is 0 Å². The number of alkyl halides is 2. The van der Waals surface area contributed by atoms with Gasteiger partial charge >= 0.3 is 0 Å². The average Bonchev–Trinajstić information content (AvgIpc) is 2.76. The number of aryl methyl sites for hydroxylation is 1. The topological polar surface area (TPSA) is 63.2 Å². The van der Waals surface area contributed by atoms with Crippen LogP contribution < -0.4 is 4.72 Å². The molecule has 2 rings (SSSR count). The fourth-order valence-corrected chi connectivity index (χ4v) is 4.45. The summed E-state index contributed by atoms with van der Waals surface area (Å²) in [6.45, 7) is 1.76. The van der Waals surface area contributed by atoms with Crippen molar-refractivity contribution in [2.45, 2.75) is 42.7 Å². The molecule has 1 aromatic heterocycles. The first-order chi connectivity index (χ1) is 9.20. The molecular formula is C12H15F2NO3S2. The lowest BCUT2D eigenvalue weighted by Crippen LogP contribution is -2.38. The molecule has 1 N–H and O–H groups in total. The van der Waals surface area contributed by atoms with Crippen LogP contribution in [0.3, 0.4) is 0 Å². The second-order valence-electron chi connectivity index (χ2n) is 4.97. The Morgan fingerprint density at radius 3 is 2.45 bits per heavy atom. The van der Waals surface area contributed by atoms with Crippen LogP contribution >= 0.6 is 11.3 Å². The van der Waals surface area contributed by atoms with Gasteiger partial charge in [-0.1, -0.05) is 0 Å². The Balaban J connectivity index is 2.01. The lowest BCUT2D eigenvalue weighted by atomic mass is 9.86. The fraction of sp³-hybridized carbons (Fsp3) is 0.583. The molecule has 0 aromatic carbocycles. The average molecular weight is 323 g/mol. The second kappa shape index (κ2) is 5.40. The van der Waals surface area contributed by atoms with E-state index in [-0.39, 0.29) is 29.9 Å². The highest BCUT2D eigenvalue weighted by molar-refractivity contribution is 7.92. The maximum absolute atomic E-state index is 13.0. The number of halogens is 2. The lowest BCUT2D eigenvalue weighted by molar-refractivity contribution is -0.127. The second-order valence-corrected chi connectivity index (χ2v) is 8.16. The Morgan fingerprint density at radius 1 is 1.35 bits per heavy atom. The largest absolute Gasteiger partial charge is 0.274 e. The van der Waals surface area contributed by atoms with E-state index in [1.165, 1.54) is 6.07 Å². The van der Waals surface area contributed by atoms with E-state index >= 15 is 0 Å². The smallest absolute Gasteiger partial charge is 0.273 e. The van der Waals surface area contributed by atoms with E-state index in [4.69, 9.17) is 0 Å². The summed E-state index contributed by atoms with van der Waals surface area (Å²) in [5, 5.41) is 0. The summed E-state index contributed by atoms with van der Waals surface area (Å²) in [5.74, 6) is -4.09. The Kier molecular flexibility index (Phi) is 4.15. The molecule has 1 saturated carbocycles. The van der Waals surface area contributed by atoms with E-state index in [0.29, 0.717) is 0 Å². The Bertz CT molecular complexity index is 600. The summed E-state index contributed by atoms with van der Waals surface area (Å²) in [4.78, 5) is 12.7. The first kappa shape index (κ1) is 15.4. The van der Waals surface area contributed by atoms with Gasteiger partial charge in [0.1, 0.15) is 4.21 Å². The number of carbonyl (C=O) groups is 1. The molecule has 1 heterocycles. The Hall–Kier alpha value is -1.02. The van der Waals surface area contributed by atoms with Gasteiger partial charge in [0.15, 0.2) is 0 Å². The van der Waals surface area contributed by atoms with Gasteiger partial charge in [-0.2, -0.15) is 0 Å². The van der Waals surface area contributed by atoms with E-state index in [0.717, 1.165) is 16.2 Å². The maximum atomic E-state index is 13.0. The number of carbonyl (C=O) groups excluding carboxylic acids is 1. The summed E-state index contributed by atoms with van der Waals surface area (Å²) in [5.41, 5.74) is 0. The van der Waals surface area contributed by atoms with Gasteiger partial charge in [-0.15, -0.1) is 11.3 Å². The van der Waals surface area contributed by atoms with Crippen molar-refractivity contribution >= 4 is 27.3 Å². The van der Waals surface area contributed by atoms with Gasteiger partial charge in [0, 0.05) is 23.6 Å². The van der Waals surface area contributed by atoms with Crippen molar-refractivity contribution in [1.29, 1.82) is 0 Å². The molecule has 1 aliphatic carbocycles. The summed E-state index contributed by atoms with van der Waals surface area (Å²) in [7, 11) is -3.89. The van der Waals surface area contributed by atoms with Crippen LogP contribution in [0.4, 0.5) is 8.78 Å². The zero-order valence-corrected chi connectivity index (χ0v) is 12.5. The highest BCUT2D eigenvalue weighted by Crippen LogP contribution is 2.36. The summed E-state index contributed by atoms with van der Waals surface area (Å²) >= 11 is 1.06. The molecule has 0 bridgehead atoms. The Labute approximate surface area is 120 Å². The predicted molar refractivity (Wildman–Crippen MR) is 71.3 cm³/mol. The van der Waals surface area contributed by atoms with Crippen LogP contribution in [0.25, 0.3) is 0 Å². The molecule has 1 fully saturated rings. The van der Waals surface area contributed by atoms with Gasteiger partial charge in [-0.25, -0.2) is 21.9 Å². The van der Waals surface area contributed by atoms with E-state index < -0.39 is 27.8 Å². The quantitative estimate of drug-likeness (QED) is 0.930. The van der Waals surface area contributed by atoms with E-state index in [9.17, 15) is 22.0 Å². The normalized spacial score (nSPS) is 19.8. The first-order valence-corrected chi connectivity index (χ1v) is 8.50. The summed E-state index contributed by atoms with van der Waals surface area (Å²) in [6.07, 6.45) is -0.720. The monoisotopic (exact) mass is 323 g/mol. The van der Waals surface area contributed by atoms with Gasteiger partial charge in [0.05, 0.1) is 0 Å². The van der Waals surface area contributed by atoms with Gasteiger partial charge in [0.25, 0.3) is 10.0 Å². The van der Waals surface area contributed by atoms with Crippen LogP contribution in [0, 0.1) is 12.8 Å². The zero-order chi connectivity index (χ0) is 15.0. The minimum atomic E-state index is -3.89. The lowest BCUT2D eigenvalue weighted by Gasteiger charge is -2.27. The molecule has 4 nitrogen and oxygen atoms in total. The minimum absolute atomic E-state index is 0.0117. The molecule has 20 heavy (non-hydrogen) atoms. The van der Waals surface area contributed by atoms with Gasteiger partial charge in [0.2, 0.25) is 11.8 Å². The molecule has 0 saturated heterocycles. The van der Waals surface area contributed by atoms with Crippen molar-refractivity contribution in [1.82, 2.24) is 4.72 Å². The number of sulfonamides is 1. The van der Waals surface area contributed by atoms with Crippen LogP contribution in [0.1, 0.15) is 30.6 Å². The van der Waals surface area contributed by atoms with Gasteiger partial charge in [-0.3, -0.25) is 4.79 Å². The molecular weight excluding hydrogens is 308 g/mol. The van der Waals surface area contributed by atoms with Crippen LogP contribution in [0.5, 0.6) is 0 Å². The summed E-state index contributed by atoms with van der Waals surface area (Å²) < 4.78 is 52.0. The molecule has 1 aromatic rings. The number of rotatable bonds is 3. The third kappa shape index (κ3) is 3.54. The number of amides is 1. The molecule has 0 spiro atoms. The van der Waals surface area contributed by atoms with Crippen LogP contribution in [-0.4, -0.2) is 20.2 Å². The van der Waals surface area contributed by atoms with Crippen LogP contribution in [0.15, 0.2) is 16.3 Å². The number of hydrogen-bond acceptors (Lipinski definition) is 4. The van der Waals surface area contributed by atoms with Crippen molar-refractivity contribution in [2.24, 2.45) is 5.92 Å². The highest BCUT2D eigenvalue weighted by atomic mass is 32.2. The van der Waals surface area contributed by atoms with Crippen molar-refractivity contribution in [3.8, 4) is 0 Å². The molecule has 112 valence electrons. The van der Waals surface area contributed by atoms with E-state index in [1.807, 2.05) is 4.72 Å². The van der Waals surface area contributed by atoms with Gasteiger partial charge < -0.3 is 0 Å². The van der Waals surface area contributed by atoms with Crippen LogP contribution in [0.2, 0.25) is 0 Å². The molecule has 1 amide bonds. The zero-order valence-electron chi connectivity index (χ0n) is 10.9. The standard InChI is InChI=1S/C12H15F2NO3S2/c1-8-2-3-10(19-8)20(17,18)15-11(16)9-4-6-12(13,14)7-5-9/h2-3,9H,4-7H2,1H3,(H,15,16). The van der Waals surface area contributed by atoms with Crippen LogP contribution in [-0.2, 0) is 14.8 Å². The van der Waals surface area contributed by atoms with Crippen molar-refractivity contribution in [2.75, 3.05) is 0 Å². The summed E-state index contributed by atoms with van der Waals surface area (Å²) in [6, 6.07) is 3.06. The third-order valence-corrected chi connectivity index (χ3v) is 6.14. The maximum Gasteiger partial charge on any atom is 0.273 e. The SMILES string of the molecule is Cc1ccc(S(=O)(=O)NC(=O)C2CCC(F)(F)CC2)s1. The highest BCUT2D eigenvalue weighted by Gasteiger charge is 2.38. The molecule has 0 unspecified atom stereocenters. The predicted octanol–water partition coefficient (Wildman–Crippen LogP) is 2.69.